The van der Waals surface area contributed by atoms with Gasteiger partial charge < -0.3 is 14.8 Å². The number of carbonyl (C=O) groups is 2. The van der Waals surface area contributed by atoms with Gasteiger partial charge in [-0.25, -0.2) is 14.6 Å². The van der Waals surface area contributed by atoms with E-state index in [9.17, 15) is 9.59 Å². The summed E-state index contributed by atoms with van der Waals surface area (Å²) in [6, 6.07) is 0. The Labute approximate surface area is 95.9 Å². The van der Waals surface area contributed by atoms with Gasteiger partial charge in [-0.2, -0.15) is 0 Å². The predicted octanol–water partition coefficient (Wildman–Crippen LogP) is 0.785. The van der Waals surface area contributed by atoms with E-state index in [-0.39, 0.29) is 5.57 Å². The molecule has 1 N–H and O–H groups in total. The van der Waals surface area contributed by atoms with Crippen LogP contribution >= 0.6 is 11.3 Å². The summed E-state index contributed by atoms with van der Waals surface area (Å²) in [5.74, 6) is -1.54. The number of hydrogen-bond acceptors (Lipinski definition) is 7. The molecule has 0 amide bonds. The maximum atomic E-state index is 11.2. The van der Waals surface area contributed by atoms with Crippen LogP contribution in [0.5, 0.6) is 0 Å². The van der Waals surface area contributed by atoms with E-state index in [1.807, 2.05) is 0 Å². The molecule has 0 aliphatic heterocycles. The number of thiazole rings is 1. The maximum Gasteiger partial charge on any atom is 0.346 e. The lowest BCUT2D eigenvalue weighted by atomic mass is 10.3. The van der Waals surface area contributed by atoms with Gasteiger partial charge in [0.1, 0.15) is 0 Å². The van der Waals surface area contributed by atoms with Crippen molar-refractivity contribution in [2.75, 3.05) is 19.5 Å². The molecular formula is C9H10N2O4S. The third-order valence-corrected chi connectivity index (χ3v) is 2.29. The van der Waals surface area contributed by atoms with Crippen molar-refractivity contribution in [1.29, 1.82) is 0 Å². The summed E-state index contributed by atoms with van der Waals surface area (Å²) in [7, 11) is 2.37. The van der Waals surface area contributed by atoms with Crippen molar-refractivity contribution in [3.05, 3.63) is 23.3 Å². The summed E-state index contributed by atoms with van der Waals surface area (Å²) in [6.07, 6.45) is 2.80. The number of nitrogens with zero attached hydrogens (tertiary/aromatic N) is 1. The lowest BCUT2D eigenvalue weighted by Crippen LogP contribution is -2.17. The van der Waals surface area contributed by atoms with Crippen LogP contribution in [0.3, 0.4) is 0 Å². The van der Waals surface area contributed by atoms with Crippen LogP contribution in [0, 0.1) is 0 Å². The molecule has 16 heavy (non-hydrogen) atoms. The number of ether oxygens (including phenoxy) is 2. The van der Waals surface area contributed by atoms with Gasteiger partial charge in [-0.3, -0.25) is 0 Å². The van der Waals surface area contributed by atoms with Crippen LogP contribution in [0.15, 0.2) is 23.3 Å². The second kappa shape index (κ2) is 5.86. The molecule has 1 heterocycles. The zero-order valence-electron chi connectivity index (χ0n) is 8.72. The van der Waals surface area contributed by atoms with E-state index in [0.717, 1.165) is 0 Å². The Balaban J connectivity index is 2.80. The van der Waals surface area contributed by atoms with Gasteiger partial charge >= 0.3 is 11.9 Å². The molecule has 0 saturated carbocycles. The number of hydrogen-bond donors (Lipinski definition) is 1. The molecule has 86 valence electrons. The van der Waals surface area contributed by atoms with Crippen LogP contribution in [0.4, 0.5) is 5.13 Å². The first-order valence-electron chi connectivity index (χ1n) is 4.22. The second-order valence-electron chi connectivity index (χ2n) is 2.52. The number of esters is 2. The molecule has 0 fully saturated rings. The smallest absolute Gasteiger partial charge is 0.346 e. The van der Waals surface area contributed by atoms with Crippen molar-refractivity contribution in [2.45, 2.75) is 0 Å². The Hall–Kier alpha value is -1.89. The van der Waals surface area contributed by atoms with Crippen LogP contribution in [-0.2, 0) is 19.1 Å². The molecule has 0 aliphatic rings. The minimum atomic E-state index is -0.768. The summed E-state index contributed by atoms with van der Waals surface area (Å²) < 4.78 is 8.88. The molecule has 1 aromatic rings. The molecule has 0 atom stereocenters. The van der Waals surface area contributed by atoms with Gasteiger partial charge in [-0.05, 0) is 0 Å². The van der Waals surface area contributed by atoms with E-state index in [0.29, 0.717) is 5.13 Å². The van der Waals surface area contributed by atoms with E-state index in [1.165, 1.54) is 31.8 Å². The molecule has 0 aromatic carbocycles. The fraction of sp³-hybridized carbons (Fsp3) is 0.222. The fourth-order valence-electron chi connectivity index (χ4n) is 0.850. The Kier molecular flexibility index (Phi) is 4.46. The molecule has 7 heteroatoms. The molecular weight excluding hydrogens is 232 g/mol. The van der Waals surface area contributed by atoms with Crippen molar-refractivity contribution in [1.82, 2.24) is 4.98 Å². The summed E-state index contributed by atoms with van der Waals surface area (Å²) in [6.45, 7) is 0. The predicted molar refractivity (Wildman–Crippen MR) is 57.9 cm³/mol. The molecule has 6 nitrogen and oxygen atoms in total. The van der Waals surface area contributed by atoms with E-state index >= 15 is 0 Å². The van der Waals surface area contributed by atoms with Gasteiger partial charge in [0, 0.05) is 17.8 Å². The van der Waals surface area contributed by atoms with Gasteiger partial charge in [0.15, 0.2) is 10.7 Å². The van der Waals surface area contributed by atoms with Crippen molar-refractivity contribution in [3.8, 4) is 0 Å². The van der Waals surface area contributed by atoms with Gasteiger partial charge in [0.05, 0.1) is 14.2 Å². The maximum absolute atomic E-state index is 11.2. The Morgan fingerprint density at radius 3 is 2.44 bits per heavy atom. The third-order valence-electron chi connectivity index (χ3n) is 1.58. The van der Waals surface area contributed by atoms with Crippen LogP contribution in [0.2, 0.25) is 0 Å². The number of anilines is 1. The van der Waals surface area contributed by atoms with Gasteiger partial charge in [0.2, 0.25) is 0 Å². The Bertz CT molecular complexity index is 382. The van der Waals surface area contributed by atoms with Crippen LogP contribution in [-0.4, -0.2) is 31.1 Å². The number of carbonyl (C=O) groups excluding carboxylic acids is 2. The Morgan fingerprint density at radius 2 is 2.00 bits per heavy atom. The number of nitrogens with one attached hydrogen (secondary N) is 1. The van der Waals surface area contributed by atoms with Crippen molar-refractivity contribution in [3.63, 3.8) is 0 Å². The highest BCUT2D eigenvalue weighted by atomic mass is 32.1. The van der Waals surface area contributed by atoms with E-state index < -0.39 is 11.9 Å². The van der Waals surface area contributed by atoms with Crippen molar-refractivity contribution in [2.24, 2.45) is 0 Å². The molecule has 0 saturated heterocycles. The summed E-state index contributed by atoms with van der Waals surface area (Å²) in [4.78, 5) is 26.4. The first-order chi connectivity index (χ1) is 7.69. The highest BCUT2D eigenvalue weighted by Gasteiger charge is 2.19. The number of rotatable bonds is 4. The standard InChI is InChI=1S/C9H10N2O4S/c1-14-7(12)6(8(13)15-2)5-11-9-10-3-4-16-9/h3-5H,1-2H3,(H,10,11). The quantitative estimate of drug-likeness (QED) is 0.364. The molecule has 0 radical (unpaired) electrons. The Morgan fingerprint density at radius 1 is 1.38 bits per heavy atom. The highest BCUT2D eigenvalue weighted by molar-refractivity contribution is 7.13. The molecule has 0 bridgehead atoms. The average molecular weight is 242 g/mol. The molecule has 1 aromatic heterocycles. The SMILES string of the molecule is COC(=O)C(=CNc1nccs1)C(=O)OC. The lowest BCUT2D eigenvalue weighted by Gasteiger charge is -2.03. The topological polar surface area (TPSA) is 77.5 Å². The minimum absolute atomic E-state index is 0.222. The zero-order chi connectivity index (χ0) is 12.0. The van der Waals surface area contributed by atoms with Crippen LogP contribution < -0.4 is 5.32 Å². The zero-order valence-corrected chi connectivity index (χ0v) is 9.54. The molecule has 0 unspecified atom stereocenters. The molecule has 0 spiro atoms. The fourth-order valence-corrected chi connectivity index (χ4v) is 1.35. The second-order valence-corrected chi connectivity index (χ2v) is 3.42. The van der Waals surface area contributed by atoms with E-state index in [2.05, 4.69) is 19.8 Å². The van der Waals surface area contributed by atoms with Crippen LogP contribution in [0.25, 0.3) is 0 Å². The minimum Gasteiger partial charge on any atom is -0.465 e. The molecule has 0 aliphatic carbocycles. The van der Waals surface area contributed by atoms with E-state index in [1.54, 1.807) is 11.6 Å². The van der Waals surface area contributed by atoms with Crippen LogP contribution in [0.1, 0.15) is 0 Å². The first-order valence-corrected chi connectivity index (χ1v) is 5.09. The van der Waals surface area contributed by atoms with Crippen molar-refractivity contribution >= 4 is 28.4 Å². The summed E-state index contributed by atoms with van der Waals surface area (Å²) in [5.41, 5.74) is -0.222. The average Bonchev–Trinajstić information content (AvgIpc) is 2.81. The third kappa shape index (κ3) is 3.06. The van der Waals surface area contributed by atoms with Gasteiger partial charge in [-0.15, -0.1) is 11.3 Å². The first kappa shape index (κ1) is 12.2. The summed E-state index contributed by atoms with van der Waals surface area (Å²) >= 11 is 1.33. The lowest BCUT2D eigenvalue weighted by molar-refractivity contribution is -0.144. The number of methoxy groups -OCH3 is 2. The monoisotopic (exact) mass is 242 g/mol. The highest BCUT2D eigenvalue weighted by Crippen LogP contribution is 2.11. The van der Waals surface area contributed by atoms with Gasteiger partial charge in [-0.1, -0.05) is 0 Å². The van der Waals surface area contributed by atoms with Crippen molar-refractivity contribution < 1.29 is 19.1 Å². The number of aromatic nitrogens is 1. The van der Waals surface area contributed by atoms with Gasteiger partial charge in [0.25, 0.3) is 0 Å². The molecule has 1 rings (SSSR count). The summed E-state index contributed by atoms with van der Waals surface area (Å²) in [5, 5.41) is 5.02. The largest absolute Gasteiger partial charge is 0.465 e. The van der Waals surface area contributed by atoms with E-state index in [4.69, 9.17) is 0 Å². The normalized spacial score (nSPS) is 9.12.